The summed E-state index contributed by atoms with van der Waals surface area (Å²) in [6.07, 6.45) is -0.799. The van der Waals surface area contributed by atoms with E-state index in [0.29, 0.717) is 29.1 Å². The lowest BCUT2D eigenvalue weighted by molar-refractivity contribution is -0.142. The molecule has 2 heterocycles. The summed E-state index contributed by atoms with van der Waals surface area (Å²) < 4.78 is 25.5. The van der Waals surface area contributed by atoms with Gasteiger partial charge in [-0.05, 0) is 54.4 Å². The first-order chi connectivity index (χ1) is 18.0. The van der Waals surface area contributed by atoms with Gasteiger partial charge in [0.15, 0.2) is 0 Å². The molecule has 9 heteroatoms. The minimum atomic E-state index is -0.593. The summed E-state index contributed by atoms with van der Waals surface area (Å²) >= 11 is 0. The number of ether oxygens (including phenoxy) is 2. The SMILES string of the molecule is O=C(C[C@H]1C[C@@H]2c3cc(NC(=O)Nc4ccccc4)ccc3O[C@@H]2[C@@H](CO)O1)NCc1cccc(F)c1. The molecule has 37 heavy (non-hydrogen) atoms. The van der Waals surface area contributed by atoms with E-state index in [2.05, 4.69) is 16.0 Å². The van der Waals surface area contributed by atoms with Crippen LogP contribution in [0.5, 0.6) is 5.75 Å². The van der Waals surface area contributed by atoms with Gasteiger partial charge in [-0.2, -0.15) is 0 Å². The van der Waals surface area contributed by atoms with Crippen LogP contribution < -0.4 is 20.7 Å². The first-order valence-corrected chi connectivity index (χ1v) is 12.2. The molecule has 0 aromatic heterocycles. The standard InChI is InChI=1S/C28H28FN3O5/c29-18-6-4-5-17(11-18)15-30-26(34)14-21-13-23-22-12-20(32-28(35)31-19-7-2-1-3-8-19)9-10-24(22)37-27(23)25(16-33)36-21/h1-12,21,23,25,27,33H,13-16H2,(H,30,34)(H2,31,32,35)/t21-,23-,25-,27+/m1/s1. The van der Waals surface area contributed by atoms with Crippen molar-refractivity contribution in [3.8, 4) is 5.75 Å². The molecule has 0 aliphatic carbocycles. The van der Waals surface area contributed by atoms with E-state index in [-0.39, 0.29) is 49.3 Å². The summed E-state index contributed by atoms with van der Waals surface area (Å²) in [4.78, 5) is 25.0. The van der Waals surface area contributed by atoms with E-state index in [4.69, 9.17) is 9.47 Å². The zero-order chi connectivity index (χ0) is 25.8. The van der Waals surface area contributed by atoms with E-state index in [9.17, 15) is 19.1 Å². The molecular weight excluding hydrogens is 477 g/mol. The van der Waals surface area contributed by atoms with Gasteiger partial charge in [0.25, 0.3) is 0 Å². The van der Waals surface area contributed by atoms with E-state index in [1.54, 1.807) is 36.4 Å². The van der Waals surface area contributed by atoms with Gasteiger partial charge in [0.2, 0.25) is 5.91 Å². The van der Waals surface area contributed by atoms with Gasteiger partial charge in [0.1, 0.15) is 23.8 Å². The summed E-state index contributed by atoms with van der Waals surface area (Å²) in [6, 6.07) is 20.3. The molecule has 192 valence electrons. The predicted molar refractivity (Wildman–Crippen MR) is 136 cm³/mol. The van der Waals surface area contributed by atoms with Crippen LogP contribution in [-0.4, -0.2) is 42.0 Å². The van der Waals surface area contributed by atoms with Crippen LogP contribution in [-0.2, 0) is 16.1 Å². The fourth-order valence-corrected chi connectivity index (χ4v) is 4.91. The summed E-state index contributed by atoms with van der Waals surface area (Å²) in [7, 11) is 0. The quantitative estimate of drug-likeness (QED) is 0.386. The molecule has 3 aromatic carbocycles. The highest BCUT2D eigenvalue weighted by atomic mass is 19.1. The number of aliphatic hydroxyl groups excluding tert-OH is 1. The normalized spacial score (nSPS) is 21.8. The second-order valence-corrected chi connectivity index (χ2v) is 9.21. The Morgan fingerprint density at radius 2 is 1.78 bits per heavy atom. The van der Waals surface area contributed by atoms with Gasteiger partial charge in [-0.1, -0.05) is 30.3 Å². The number of benzene rings is 3. The van der Waals surface area contributed by atoms with E-state index < -0.39 is 12.2 Å². The molecule has 2 aliphatic heterocycles. The monoisotopic (exact) mass is 505 g/mol. The summed E-state index contributed by atoms with van der Waals surface area (Å²) in [5.41, 5.74) is 2.85. The highest BCUT2D eigenvalue weighted by Gasteiger charge is 2.46. The second kappa shape index (κ2) is 11.0. The molecule has 4 atom stereocenters. The molecule has 4 N–H and O–H groups in total. The highest BCUT2D eigenvalue weighted by molar-refractivity contribution is 5.99. The lowest BCUT2D eigenvalue weighted by Gasteiger charge is -2.37. The number of carbonyl (C=O) groups excluding carboxylic acids is 2. The minimum absolute atomic E-state index is 0.0990. The van der Waals surface area contributed by atoms with Crippen molar-refractivity contribution in [3.05, 3.63) is 89.7 Å². The number of urea groups is 1. The predicted octanol–water partition coefficient (Wildman–Crippen LogP) is 4.17. The van der Waals surface area contributed by atoms with Crippen molar-refractivity contribution in [2.24, 2.45) is 0 Å². The Morgan fingerprint density at radius 1 is 0.973 bits per heavy atom. The summed E-state index contributed by atoms with van der Waals surface area (Å²) in [5, 5.41) is 18.4. The fraction of sp³-hybridized carbons (Fsp3) is 0.286. The summed E-state index contributed by atoms with van der Waals surface area (Å²) in [5.74, 6) is -0.0230. The number of rotatable bonds is 7. The second-order valence-electron chi connectivity index (χ2n) is 9.21. The smallest absolute Gasteiger partial charge is 0.323 e. The summed E-state index contributed by atoms with van der Waals surface area (Å²) in [6.45, 7) is -0.0357. The Kier molecular flexibility index (Phi) is 7.34. The van der Waals surface area contributed by atoms with Crippen molar-refractivity contribution in [2.75, 3.05) is 17.2 Å². The number of fused-ring (bicyclic) bond motifs is 3. The molecule has 0 unspecified atom stereocenters. The molecule has 0 bridgehead atoms. The number of aliphatic hydroxyl groups is 1. The Labute approximate surface area is 213 Å². The maximum atomic E-state index is 13.4. The van der Waals surface area contributed by atoms with Crippen molar-refractivity contribution >= 4 is 23.3 Å². The maximum Gasteiger partial charge on any atom is 0.323 e. The number of para-hydroxylation sites is 1. The zero-order valence-electron chi connectivity index (χ0n) is 20.0. The number of carbonyl (C=O) groups is 2. The van der Waals surface area contributed by atoms with E-state index >= 15 is 0 Å². The van der Waals surface area contributed by atoms with Crippen molar-refractivity contribution < 1.29 is 28.6 Å². The van der Waals surface area contributed by atoms with Crippen LogP contribution in [0.4, 0.5) is 20.6 Å². The molecule has 1 saturated heterocycles. The molecule has 8 nitrogen and oxygen atoms in total. The third kappa shape index (κ3) is 5.90. The van der Waals surface area contributed by atoms with E-state index in [1.807, 2.05) is 24.3 Å². The average molecular weight is 506 g/mol. The Balaban J connectivity index is 1.23. The van der Waals surface area contributed by atoms with Crippen molar-refractivity contribution in [1.82, 2.24) is 5.32 Å². The van der Waals surface area contributed by atoms with Crippen LogP contribution in [0.25, 0.3) is 0 Å². The van der Waals surface area contributed by atoms with Crippen LogP contribution in [0.3, 0.4) is 0 Å². The van der Waals surface area contributed by atoms with Crippen LogP contribution >= 0.6 is 0 Å². The molecule has 2 aliphatic rings. The number of hydrogen-bond donors (Lipinski definition) is 4. The molecule has 3 amide bonds. The zero-order valence-corrected chi connectivity index (χ0v) is 20.0. The van der Waals surface area contributed by atoms with Crippen molar-refractivity contribution in [2.45, 2.75) is 43.6 Å². The Hall–Kier alpha value is -3.95. The highest BCUT2D eigenvalue weighted by Crippen LogP contribution is 2.47. The Morgan fingerprint density at radius 3 is 2.57 bits per heavy atom. The number of anilines is 2. The largest absolute Gasteiger partial charge is 0.487 e. The fourth-order valence-electron chi connectivity index (χ4n) is 4.91. The molecule has 5 rings (SSSR count). The van der Waals surface area contributed by atoms with Gasteiger partial charge in [-0.3, -0.25) is 4.79 Å². The minimum Gasteiger partial charge on any atom is -0.487 e. The van der Waals surface area contributed by atoms with Gasteiger partial charge in [-0.15, -0.1) is 0 Å². The lowest BCUT2D eigenvalue weighted by atomic mass is 9.84. The average Bonchev–Trinajstić information content (AvgIpc) is 3.25. The van der Waals surface area contributed by atoms with E-state index in [0.717, 1.165) is 5.56 Å². The number of nitrogens with one attached hydrogen (secondary N) is 3. The number of amides is 3. The van der Waals surface area contributed by atoms with Gasteiger partial charge in [0.05, 0.1) is 19.1 Å². The van der Waals surface area contributed by atoms with Gasteiger partial charge < -0.3 is 30.5 Å². The molecular formula is C28H28FN3O5. The van der Waals surface area contributed by atoms with Crippen LogP contribution in [0.1, 0.15) is 29.9 Å². The van der Waals surface area contributed by atoms with Gasteiger partial charge >= 0.3 is 6.03 Å². The molecule has 1 fully saturated rings. The number of halogens is 1. The molecule has 0 radical (unpaired) electrons. The van der Waals surface area contributed by atoms with Gasteiger partial charge in [0, 0.05) is 29.4 Å². The lowest BCUT2D eigenvalue weighted by Crippen LogP contribution is -2.47. The van der Waals surface area contributed by atoms with E-state index in [1.165, 1.54) is 12.1 Å². The Bertz CT molecular complexity index is 1270. The molecule has 3 aromatic rings. The van der Waals surface area contributed by atoms with Crippen LogP contribution in [0.15, 0.2) is 72.8 Å². The third-order valence-electron chi connectivity index (χ3n) is 6.58. The van der Waals surface area contributed by atoms with Gasteiger partial charge in [-0.25, -0.2) is 9.18 Å². The third-order valence-corrected chi connectivity index (χ3v) is 6.58. The van der Waals surface area contributed by atoms with Crippen molar-refractivity contribution in [3.63, 3.8) is 0 Å². The molecule has 0 spiro atoms. The van der Waals surface area contributed by atoms with Crippen molar-refractivity contribution in [1.29, 1.82) is 0 Å². The molecule has 0 saturated carbocycles. The van der Waals surface area contributed by atoms with Crippen LogP contribution in [0.2, 0.25) is 0 Å². The first-order valence-electron chi connectivity index (χ1n) is 12.2. The van der Waals surface area contributed by atoms with Crippen LogP contribution in [0, 0.1) is 5.82 Å². The topological polar surface area (TPSA) is 109 Å². The first kappa shape index (κ1) is 24.7. The number of hydrogen-bond acceptors (Lipinski definition) is 5. The maximum absolute atomic E-state index is 13.4.